The van der Waals surface area contributed by atoms with Crippen LogP contribution in [0.4, 0.5) is 0 Å². The Kier molecular flexibility index (Phi) is 3.22. The Morgan fingerprint density at radius 2 is 2.21 bits per heavy atom. The summed E-state index contributed by atoms with van der Waals surface area (Å²) in [5.41, 5.74) is 5.65. The number of likely N-dealkylation sites (tertiary alicyclic amines) is 1. The normalized spacial score (nSPS) is 20.1. The Balaban J connectivity index is 1.79. The van der Waals surface area contributed by atoms with Crippen molar-refractivity contribution in [2.24, 2.45) is 11.7 Å². The molecule has 1 fully saturated rings. The third-order valence-corrected chi connectivity index (χ3v) is 3.00. The summed E-state index contributed by atoms with van der Waals surface area (Å²) in [6.07, 6.45) is 4.20. The van der Waals surface area contributed by atoms with E-state index in [1.54, 1.807) is 6.26 Å². The van der Waals surface area contributed by atoms with E-state index in [9.17, 15) is 0 Å². The second-order valence-corrected chi connectivity index (χ2v) is 4.03. The van der Waals surface area contributed by atoms with Gasteiger partial charge >= 0.3 is 0 Å². The molecule has 0 amide bonds. The zero-order chi connectivity index (χ0) is 9.80. The van der Waals surface area contributed by atoms with Crippen molar-refractivity contribution in [1.29, 1.82) is 0 Å². The van der Waals surface area contributed by atoms with Crippen molar-refractivity contribution in [3.63, 3.8) is 0 Å². The average Bonchev–Trinajstić information content (AvgIpc) is 2.72. The molecule has 2 heterocycles. The van der Waals surface area contributed by atoms with Crippen molar-refractivity contribution in [2.75, 3.05) is 19.6 Å². The molecule has 14 heavy (non-hydrogen) atoms. The highest BCUT2D eigenvalue weighted by atomic mass is 16.3. The SMILES string of the molecule is NCC1CCN(Cc2ccco2)CC1. The number of rotatable bonds is 3. The number of hydrogen-bond donors (Lipinski definition) is 1. The Bertz CT molecular complexity index is 250. The summed E-state index contributed by atoms with van der Waals surface area (Å²) in [6, 6.07) is 3.98. The second kappa shape index (κ2) is 4.62. The molecule has 0 bridgehead atoms. The topological polar surface area (TPSA) is 42.4 Å². The van der Waals surface area contributed by atoms with Crippen molar-refractivity contribution >= 4 is 0 Å². The van der Waals surface area contributed by atoms with Gasteiger partial charge in [-0.15, -0.1) is 0 Å². The van der Waals surface area contributed by atoms with Crippen LogP contribution in [-0.2, 0) is 6.54 Å². The van der Waals surface area contributed by atoms with Crippen LogP contribution < -0.4 is 5.73 Å². The number of hydrogen-bond acceptors (Lipinski definition) is 3. The van der Waals surface area contributed by atoms with Gasteiger partial charge in [-0.3, -0.25) is 4.90 Å². The van der Waals surface area contributed by atoms with Crippen molar-refractivity contribution < 1.29 is 4.42 Å². The van der Waals surface area contributed by atoms with Crippen LogP contribution in [0.2, 0.25) is 0 Å². The molecule has 3 nitrogen and oxygen atoms in total. The smallest absolute Gasteiger partial charge is 0.117 e. The Morgan fingerprint density at radius 1 is 1.43 bits per heavy atom. The minimum atomic E-state index is 0.739. The molecule has 78 valence electrons. The molecule has 0 aromatic carbocycles. The van der Waals surface area contributed by atoms with Crippen LogP contribution in [0.5, 0.6) is 0 Å². The van der Waals surface area contributed by atoms with E-state index < -0.39 is 0 Å². The number of furan rings is 1. The molecule has 1 aliphatic rings. The number of nitrogens with two attached hydrogens (primary N) is 1. The molecule has 1 aliphatic heterocycles. The molecule has 0 atom stereocenters. The van der Waals surface area contributed by atoms with Crippen molar-refractivity contribution in [2.45, 2.75) is 19.4 Å². The molecule has 2 N–H and O–H groups in total. The molecule has 0 unspecified atom stereocenters. The van der Waals surface area contributed by atoms with Crippen LogP contribution in [0.3, 0.4) is 0 Å². The van der Waals surface area contributed by atoms with Crippen LogP contribution >= 0.6 is 0 Å². The molecule has 0 saturated carbocycles. The Morgan fingerprint density at radius 3 is 2.79 bits per heavy atom. The molecule has 0 radical (unpaired) electrons. The predicted octanol–water partition coefficient (Wildman–Crippen LogP) is 1.45. The van der Waals surface area contributed by atoms with Crippen LogP contribution in [0.1, 0.15) is 18.6 Å². The van der Waals surface area contributed by atoms with E-state index in [1.165, 1.54) is 12.8 Å². The number of nitrogens with zero attached hydrogens (tertiary/aromatic N) is 1. The van der Waals surface area contributed by atoms with E-state index in [4.69, 9.17) is 10.2 Å². The molecule has 2 rings (SSSR count). The Labute approximate surface area is 84.9 Å². The van der Waals surface area contributed by atoms with E-state index in [0.717, 1.165) is 37.9 Å². The summed E-state index contributed by atoms with van der Waals surface area (Å²) in [7, 11) is 0. The van der Waals surface area contributed by atoms with Crippen molar-refractivity contribution in [1.82, 2.24) is 4.90 Å². The fourth-order valence-electron chi connectivity index (χ4n) is 2.00. The zero-order valence-electron chi connectivity index (χ0n) is 8.48. The lowest BCUT2D eigenvalue weighted by molar-refractivity contribution is 0.169. The summed E-state index contributed by atoms with van der Waals surface area (Å²) in [6.45, 7) is 4.10. The van der Waals surface area contributed by atoms with Gasteiger partial charge in [0.2, 0.25) is 0 Å². The van der Waals surface area contributed by atoms with Gasteiger partial charge in [0, 0.05) is 0 Å². The predicted molar refractivity (Wildman–Crippen MR) is 55.8 cm³/mol. The molecule has 1 aromatic rings. The molecule has 3 heteroatoms. The largest absolute Gasteiger partial charge is 0.468 e. The summed E-state index contributed by atoms with van der Waals surface area (Å²) in [5.74, 6) is 1.80. The maximum absolute atomic E-state index is 5.65. The van der Waals surface area contributed by atoms with Crippen LogP contribution in [-0.4, -0.2) is 24.5 Å². The number of piperidine rings is 1. The van der Waals surface area contributed by atoms with Crippen molar-refractivity contribution in [3.05, 3.63) is 24.2 Å². The lowest BCUT2D eigenvalue weighted by atomic mass is 9.97. The minimum absolute atomic E-state index is 0.739. The van der Waals surface area contributed by atoms with Crippen molar-refractivity contribution in [3.8, 4) is 0 Å². The minimum Gasteiger partial charge on any atom is -0.468 e. The summed E-state index contributed by atoms with van der Waals surface area (Å²) < 4.78 is 5.32. The Hall–Kier alpha value is -0.800. The van der Waals surface area contributed by atoms with Gasteiger partial charge in [0.15, 0.2) is 0 Å². The van der Waals surface area contributed by atoms with Crippen LogP contribution in [0.25, 0.3) is 0 Å². The molecular formula is C11H18N2O. The highest BCUT2D eigenvalue weighted by Crippen LogP contribution is 2.17. The fourth-order valence-corrected chi connectivity index (χ4v) is 2.00. The maximum Gasteiger partial charge on any atom is 0.117 e. The van der Waals surface area contributed by atoms with E-state index in [-0.39, 0.29) is 0 Å². The van der Waals surface area contributed by atoms with Gasteiger partial charge in [0.1, 0.15) is 5.76 Å². The quantitative estimate of drug-likeness (QED) is 0.792. The first kappa shape index (κ1) is 9.74. The van der Waals surface area contributed by atoms with Crippen LogP contribution in [0.15, 0.2) is 22.8 Å². The highest BCUT2D eigenvalue weighted by Gasteiger charge is 2.18. The average molecular weight is 194 g/mol. The molecule has 0 spiro atoms. The standard InChI is InChI=1S/C11H18N2O/c12-8-10-3-5-13(6-4-10)9-11-2-1-7-14-11/h1-2,7,10H,3-6,8-9,12H2. The highest BCUT2D eigenvalue weighted by molar-refractivity contribution is 4.98. The van der Waals surface area contributed by atoms with E-state index >= 15 is 0 Å². The van der Waals surface area contributed by atoms with Gasteiger partial charge in [0.05, 0.1) is 12.8 Å². The third-order valence-electron chi connectivity index (χ3n) is 3.00. The van der Waals surface area contributed by atoms with Crippen LogP contribution in [0, 0.1) is 5.92 Å². The van der Waals surface area contributed by atoms with E-state index in [1.807, 2.05) is 12.1 Å². The monoisotopic (exact) mass is 194 g/mol. The lowest BCUT2D eigenvalue weighted by Crippen LogP contribution is -2.35. The fraction of sp³-hybridized carbons (Fsp3) is 0.636. The van der Waals surface area contributed by atoms with Gasteiger partial charge in [-0.05, 0) is 50.5 Å². The molecule has 1 aromatic heterocycles. The van der Waals surface area contributed by atoms with Gasteiger partial charge < -0.3 is 10.2 Å². The second-order valence-electron chi connectivity index (χ2n) is 4.03. The van der Waals surface area contributed by atoms with E-state index in [0.29, 0.717) is 0 Å². The van der Waals surface area contributed by atoms with E-state index in [2.05, 4.69) is 4.90 Å². The summed E-state index contributed by atoms with van der Waals surface area (Å²) in [4.78, 5) is 2.44. The lowest BCUT2D eigenvalue weighted by Gasteiger charge is -2.30. The first-order chi connectivity index (χ1) is 6.88. The van der Waals surface area contributed by atoms with Gasteiger partial charge in [0.25, 0.3) is 0 Å². The van der Waals surface area contributed by atoms with Gasteiger partial charge in [-0.2, -0.15) is 0 Å². The first-order valence-electron chi connectivity index (χ1n) is 5.33. The summed E-state index contributed by atoms with van der Waals surface area (Å²) in [5, 5.41) is 0. The molecule has 0 aliphatic carbocycles. The van der Waals surface area contributed by atoms with Gasteiger partial charge in [-0.1, -0.05) is 0 Å². The first-order valence-corrected chi connectivity index (χ1v) is 5.33. The molecular weight excluding hydrogens is 176 g/mol. The van der Waals surface area contributed by atoms with Gasteiger partial charge in [-0.25, -0.2) is 0 Å². The summed E-state index contributed by atoms with van der Waals surface area (Å²) >= 11 is 0. The molecule has 1 saturated heterocycles. The maximum atomic E-state index is 5.65. The zero-order valence-corrected chi connectivity index (χ0v) is 8.48. The third kappa shape index (κ3) is 2.36.